The molecule has 0 aliphatic carbocycles. The Labute approximate surface area is 129 Å². The fraction of sp³-hybridized carbons (Fsp3) is 0.667. The Morgan fingerprint density at radius 2 is 1.81 bits per heavy atom. The van der Waals surface area contributed by atoms with E-state index >= 15 is 0 Å². The number of nitrogens with one attached hydrogen (secondary N) is 1. The summed E-state index contributed by atoms with van der Waals surface area (Å²) in [6.07, 6.45) is 3.87. The zero-order chi connectivity index (χ0) is 15.1. The van der Waals surface area contributed by atoms with Gasteiger partial charge in [-0.25, -0.2) is 0 Å². The number of aryl methyl sites for hydroxylation is 2. The predicted octanol–water partition coefficient (Wildman–Crippen LogP) is 3.28. The number of nitrogens with zero attached hydrogens (tertiary/aromatic N) is 1. The van der Waals surface area contributed by atoms with Gasteiger partial charge in [-0.1, -0.05) is 19.1 Å². The largest absolute Gasteiger partial charge is 0.492 e. The lowest BCUT2D eigenvalue weighted by Gasteiger charge is -2.18. The summed E-state index contributed by atoms with van der Waals surface area (Å²) in [4.78, 5) is 2.49. The zero-order valence-corrected chi connectivity index (χ0v) is 13.9. The number of hydrogen-bond acceptors (Lipinski definition) is 3. The van der Waals surface area contributed by atoms with Crippen LogP contribution in [0.15, 0.2) is 12.1 Å². The molecular weight excluding hydrogens is 260 g/mol. The summed E-state index contributed by atoms with van der Waals surface area (Å²) in [5.74, 6) is 1.08. The molecule has 0 radical (unpaired) electrons. The quantitative estimate of drug-likeness (QED) is 0.744. The number of likely N-dealkylation sites (tertiary alicyclic amines) is 1. The number of benzene rings is 1. The van der Waals surface area contributed by atoms with Crippen LogP contribution < -0.4 is 10.1 Å². The second-order valence-corrected chi connectivity index (χ2v) is 6.13. The number of hydrogen-bond donors (Lipinski definition) is 1. The average Bonchev–Trinajstić information content (AvgIpc) is 2.95. The highest BCUT2D eigenvalue weighted by molar-refractivity contribution is 5.43. The normalized spacial score (nSPS) is 15.6. The van der Waals surface area contributed by atoms with Crippen LogP contribution in [-0.4, -0.2) is 37.7 Å². The first-order valence-electron chi connectivity index (χ1n) is 8.36. The Hall–Kier alpha value is -1.06. The Bertz CT molecular complexity index is 416. The van der Waals surface area contributed by atoms with Crippen molar-refractivity contribution in [2.75, 3.05) is 32.8 Å². The van der Waals surface area contributed by atoms with Crippen molar-refractivity contribution in [3.8, 4) is 5.75 Å². The number of rotatable bonds is 8. The second kappa shape index (κ2) is 8.40. The molecule has 1 aliphatic rings. The summed E-state index contributed by atoms with van der Waals surface area (Å²) in [6.45, 7) is 12.9. The lowest BCUT2D eigenvalue weighted by molar-refractivity contribution is 0.236. The molecule has 1 heterocycles. The van der Waals surface area contributed by atoms with Crippen molar-refractivity contribution in [1.82, 2.24) is 10.2 Å². The highest BCUT2D eigenvalue weighted by Crippen LogP contribution is 2.25. The first-order valence-corrected chi connectivity index (χ1v) is 8.36. The molecule has 1 aliphatic heterocycles. The van der Waals surface area contributed by atoms with Crippen LogP contribution in [0.1, 0.15) is 42.9 Å². The van der Waals surface area contributed by atoms with Crippen molar-refractivity contribution in [3.05, 3.63) is 28.8 Å². The zero-order valence-electron chi connectivity index (χ0n) is 13.9. The van der Waals surface area contributed by atoms with Crippen molar-refractivity contribution in [2.45, 2.75) is 46.6 Å². The van der Waals surface area contributed by atoms with E-state index in [9.17, 15) is 0 Å². The molecule has 0 spiro atoms. The van der Waals surface area contributed by atoms with Gasteiger partial charge < -0.3 is 10.1 Å². The van der Waals surface area contributed by atoms with Crippen molar-refractivity contribution in [2.24, 2.45) is 0 Å². The van der Waals surface area contributed by atoms with Crippen LogP contribution in [0.5, 0.6) is 5.75 Å². The van der Waals surface area contributed by atoms with Gasteiger partial charge in [0, 0.05) is 13.1 Å². The first-order chi connectivity index (χ1) is 10.2. The third-order valence-corrected chi connectivity index (χ3v) is 4.13. The molecular formula is C18H30N2O. The van der Waals surface area contributed by atoms with Crippen LogP contribution in [0.3, 0.4) is 0 Å². The molecule has 1 N–H and O–H groups in total. The van der Waals surface area contributed by atoms with E-state index in [4.69, 9.17) is 4.74 Å². The fourth-order valence-corrected chi connectivity index (χ4v) is 3.06. The maximum atomic E-state index is 6.05. The molecule has 1 aromatic carbocycles. The third kappa shape index (κ3) is 5.01. The molecule has 118 valence electrons. The van der Waals surface area contributed by atoms with Crippen LogP contribution in [0, 0.1) is 13.8 Å². The van der Waals surface area contributed by atoms with E-state index in [1.54, 1.807) is 0 Å². The molecule has 1 aromatic rings. The van der Waals surface area contributed by atoms with E-state index in [0.717, 1.165) is 32.0 Å². The third-order valence-electron chi connectivity index (χ3n) is 4.13. The minimum atomic E-state index is 0.801. The van der Waals surface area contributed by atoms with Crippen LogP contribution >= 0.6 is 0 Å². The fourth-order valence-electron chi connectivity index (χ4n) is 3.06. The predicted molar refractivity (Wildman–Crippen MR) is 89.1 cm³/mol. The SMILES string of the molecule is CCCNCc1cc(C)c(OCCN2CCCC2)c(C)c1. The van der Waals surface area contributed by atoms with E-state index in [-0.39, 0.29) is 0 Å². The van der Waals surface area contributed by atoms with Crippen molar-refractivity contribution < 1.29 is 4.74 Å². The molecule has 3 nitrogen and oxygen atoms in total. The molecule has 0 aromatic heterocycles. The molecule has 0 unspecified atom stereocenters. The minimum absolute atomic E-state index is 0.801. The second-order valence-electron chi connectivity index (χ2n) is 6.13. The molecule has 1 fully saturated rings. The lowest BCUT2D eigenvalue weighted by atomic mass is 10.1. The van der Waals surface area contributed by atoms with Gasteiger partial charge in [0.1, 0.15) is 12.4 Å². The van der Waals surface area contributed by atoms with Gasteiger partial charge in [-0.15, -0.1) is 0 Å². The van der Waals surface area contributed by atoms with Gasteiger partial charge >= 0.3 is 0 Å². The van der Waals surface area contributed by atoms with E-state index in [0.29, 0.717) is 0 Å². The van der Waals surface area contributed by atoms with Gasteiger partial charge in [0.25, 0.3) is 0 Å². The minimum Gasteiger partial charge on any atom is -0.492 e. The van der Waals surface area contributed by atoms with Crippen LogP contribution in [0.4, 0.5) is 0 Å². The van der Waals surface area contributed by atoms with Crippen LogP contribution in [0.25, 0.3) is 0 Å². The van der Waals surface area contributed by atoms with Gasteiger partial charge in [-0.2, -0.15) is 0 Å². The monoisotopic (exact) mass is 290 g/mol. The maximum Gasteiger partial charge on any atom is 0.125 e. The summed E-state index contributed by atoms with van der Waals surface area (Å²) in [5.41, 5.74) is 3.86. The summed E-state index contributed by atoms with van der Waals surface area (Å²) in [5, 5.41) is 3.46. The molecule has 2 rings (SSSR count). The van der Waals surface area contributed by atoms with E-state index < -0.39 is 0 Å². The Morgan fingerprint density at radius 1 is 1.14 bits per heavy atom. The summed E-state index contributed by atoms with van der Waals surface area (Å²) >= 11 is 0. The standard InChI is InChI=1S/C18H30N2O/c1-4-7-19-14-17-12-15(2)18(16(3)13-17)21-11-10-20-8-5-6-9-20/h12-13,19H,4-11,14H2,1-3H3. The molecule has 0 atom stereocenters. The summed E-state index contributed by atoms with van der Waals surface area (Å²) in [7, 11) is 0. The molecule has 0 saturated carbocycles. The smallest absolute Gasteiger partial charge is 0.125 e. The van der Waals surface area contributed by atoms with Crippen molar-refractivity contribution in [1.29, 1.82) is 0 Å². The lowest BCUT2D eigenvalue weighted by Crippen LogP contribution is -2.25. The Morgan fingerprint density at radius 3 is 2.43 bits per heavy atom. The molecule has 0 bridgehead atoms. The first kappa shape index (κ1) is 16.3. The molecule has 3 heteroatoms. The molecule has 1 saturated heterocycles. The van der Waals surface area contributed by atoms with Crippen molar-refractivity contribution in [3.63, 3.8) is 0 Å². The average molecular weight is 290 g/mol. The van der Waals surface area contributed by atoms with Gasteiger partial charge in [-0.05, 0) is 69.4 Å². The van der Waals surface area contributed by atoms with E-state index in [1.165, 1.54) is 49.0 Å². The Balaban J connectivity index is 1.86. The molecule has 0 amide bonds. The highest BCUT2D eigenvalue weighted by atomic mass is 16.5. The summed E-state index contributed by atoms with van der Waals surface area (Å²) < 4.78 is 6.05. The van der Waals surface area contributed by atoms with Gasteiger partial charge in [0.15, 0.2) is 0 Å². The van der Waals surface area contributed by atoms with Crippen LogP contribution in [-0.2, 0) is 6.54 Å². The topological polar surface area (TPSA) is 24.5 Å². The van der Waals surface area contributed by atoms with Gasteiger partial charge in [0.05, 0.1) is 0 Å². The number of ether oxygens (including phenoxy) is 1. The van der Waals surface area contributed by atoms with Gasteiger partial charge in [-0.3, -0.25) is 4.90 Å². The van der Waals surface area contributed by atoms with Crippen LogP contribution in [0.2, 0.25) is 0 Å². The maximum absolute atomic E-state index is 6.05. The van der Waals surface area contributed by atoms with Crippen molar-refractivity contribution >= 4 is 0 Å². The Kier molecular flexibility index (Phi) is 6.52. The molecule has 21 heavy (non-hydrogen) atoms. The van der Waals surface area contributed by atoms with E-state index in [1.807, 2.05) is 0 Å². The van der Waals surface area contributed by atoms with Gasteiger partial charge in [0.2, 0.25) is 0 Å². The van der Waals surface area contributed by atoms with E-state index in [2.05, 4.69) is 43.1 Å². The summed E-state index contributed by atoms with van der Waals surface area (Å²) in [6, 6.07) is 4.50. The highest BCUT2D eigenvalue weighted by Gasteiger charge is 2.12.